The van der Waals surface area contributed by atoms with Crippen molar-refractivity contribution in [2.45, 2.75) is 13.5 Å². The number of carbonyl (C=O) groups is 1. The van der Waals surface area contributed by atoms with Crippen LogP contribution in [-0.2, 0) is 6.61 Å². The zero-order chi connectivity index (χ0) is 19.3. The van der Waals surface area contributed by atoms with Crippen LogP contribution in [0.3, 0.4) is 0 Å². The molecular formula is C22H18N2O3S. The predicted octanol–water partition coefficient (Wildman–Crippen LogP) is 5.54. The molecule has 0 saturated heterocycles. The molecule has 0 atom stereocenters. The molecule has 0 spiro atoms. The van der Waals surface area contributed by atoms with E-state index in [9.17, 15) is 4.79 Å². The Hall–Kier alpha value is -3.38. The summed E-state index contributed by atoms with van der Waals surface area (Å²) in [7, 11) is 0. The van der Waals surface area contributed by atoms with Crippen molar-refractivity contribution in [1.82, 2.24) is 4.98 Å². The van der Waals surface area contributed by atoms with Gasteiger partial charge in [-0.1, -0.05) is 30.3 Å². The van der Waals surface area contributed by atoms with E-state index < -0.39 is 0 Å². The molecule has 4 rings (SSSR count). The maximum absolute atomic E-state index is 12.4. The molecule has 28 heavy (non-hydrogen) atoms. The molecular weight excluding hydrogens is 372 g/mol. The van der Waals surface area contributed by atoms with Gasteiger partial charge < -0.3 is 14.5 Å². The molecule has 6 heteroatoms. The summed E-state index contributed by atoms with van der Waals surface area (Å²) < 4.78 is 11.2. The quantitative estimate of drug-likeness (QED) is 0.469. The number of benzene rings is 2. The molecule has 140 valence electrons. The first-order chi connectivity index (χ1) is 13.7. The molecule has 2 aromatic heterocycles. The number of furan rings is 1. The number of ether oxygens (including phenoxy) is 1. The zero-order valence-corrected chi connectivity index (χ0v) is 16.0. The molecule has 0 fully saturated rings. The molecule has 0 aliphatic rings. The first kappa shape index (κ1) is 18.0. The lowest BCUT2D eigenvalue weighted by atomic mass is 10.1. The molecule has 0 saturated carbocycles. The highest BCUT2D eigenvalue weighted by Gasteiger charge is 2.12. The average molecular weight is 390 g/mol. The van der Waals surface area contributed by atoms with Gasteiger partial charge in [-0.25, -0.2) is 4.98 Å². The third kappa shape index (κ3) is 4.29. The largest absolute Gasteiger partial charge is 0.486 e. The van der Waals surface area contributed by atoms with Crippen molar-refractivity contribution in [2.24, 2.45) is 0 Å². The summed E-state index contributed by atoms with van der Waals surface area (Å²) in [4.78, 5) is 16.9. The minimum Gasteiger partial charge on any atom is -0.486 e. The second-order valence-electron chi connectivity index (χ2n) is 6.15. The second kappa shape index (κ2) is 8.10. The molecule has 5 nitrogen and oxygen atoms in total. The first-order valence-electron chi connectivity index (χ1n) is 8.78. The monoisotopic (exact) mass is 390 g/mol. The van der Waals surface area contributed by atoms with Crippen LogP contribution in [-0.4, -0.2) is 10.9 Å². The molecule has 4 aromatic rings. The van der Waals surface area contributed by atoms with E-state index in [0.717, 1.165) is 22.0 Å². The van der Waals surface area contributed by atoms with Gasteiger partial charge in [-0.3, -0.25) is 4.79 Å². The molecule has 0 aliphatic carbocycles. The third-order valence-electron chi connectivity index (χ3n) is 4.07. The number of carbonyl (C=O) groups excluding carboxylic acids is 1. The van der Waals surface area contributed by atoms with Gasteiger partial charge in [0, 0.05) is 16.6 Å². The van der Waals surface area contributed by atoms with Crippen molar-refractivity contribution in [1.29, 1.82) is 0 Å². The molecule has 0 unspecified atom stereocenters. The summed E-state index contributed by atoms with van der Waals surface area (Å²) >= 11 is 1.61. The van der Waals surface area contributed by atoms with Crippen LogP contribution in [0.25, 0.3) is 11.3 Å². The van der Waals surface area contributed by atoms with Crippen LogP contribution in [0.5, 0.6) is 5.75 Å². The highest BCUT2D eigenvalue weighted by atomic mass is 32.1. The standard InChI is InChI=1S/C22H18N2O3S/c1-15-23-20(14-28-15)16-7-9-17(10-8-16)24-22(25)21-12-11-19(27-21)13-26-18-5-3-2-4-6-18/h2-12,14H,13H2,1H3,(H,24,25). The Balaban J connectivity index is 1.36. The molecule has 2 aromatic carbocycles. The van der Waals surface area contributed by atoms with Gasteiger partial charge in [-0.05, 0) is 43.3 Å². The van der Waals surface area contributed by atoms with E-state index in [0.29, 0.717) is 11.4 Å². The van der Waals surface area contributed by atoms with Crippen molar-refractivity contribution < 1.29 is 13.9 Å². The van der Waals surface area contributed by atoms with Crippen molar-refractivity contribution in [2.75, 3.05) is 5.32 Å². The minimum atomic E-state index is -0.303. The smallest absolute Gasteiger partial charge is 0.291 e. The molecule has 1 amide bonds. The topological polar surface area (TPSA) is 64.4 Å². The number of rotatable bonds is 6. The van der Waals surface area contributed by atoms with Crippen LogP contribution in [0.1, 0.15) is 21.3 Å². The van der Waals surface area contributed by atoms with Crippen LogP contribution in [0, 0.1) is 6.92 Å². The Kier molecular flexibility index (Phi) is 5.21. The predicted molar refractivity (Wildman–Crippen MR) is 110 cm³/mol. The number of aromatic nitrogens is 1. The maximum atomic E-state index is 12.4. The van der Waals surface area contributed by atoms with E-state index in [1.807, 2.05) is 66.9 Å². The fraction of sp³-hybridized carbons (Fsp3) is 0.0909. The minimum absolute atomic E-state index is 0.242. The Bertz CT molecular complexity index is 1070. The van der Waals surface area contributed by atoms with Crippen molar-refractivity contribution in [3.63, 3.8) is 0 Å². The lowest BCUT2D eigenvalue weighted by Gasteiger charge is -2.05. The number of aryl methyl sites for hydroxylation is 1. The molecule has 0 radical (unpaired) electrons. The van der Waals surface area contributed by atoms with E-state index in [1.165, 1.54) is 0 Å². The second-order valence-corrected chi connectivity index (χ2v) is 7.21. The number of thiazole rings is 1. The number of hydrogen-bond donors (Lipinski definition) is 1. The van der Waals surface area contributed by atoms with Crippen molar-refractivity contribution in [3.05, 3.63) is 88.6 Å². The zero-order valence-electron chi connectivity index (χ0n) is 15.2. The van der Waals surface area contributed by atoms with Crippen LogP contribution in [0.15, 0.2) is 76.5 Å². The summed E-state index contributed by atoms with van der Waals surface area (Å²) in [5, 5.41) is 5.88. The fourth-order valence-corrected chi connectivity index (χ4v) is 3.28. The van der Waals surface area contributed by atoms with Crippen molar-refractivity contribution >= 4 is 22.9 Å². The van der Waals surface area contributed by atoms with Crippen LogP contribution < -0.4 is 10.1 Å². The molecule has 2 heterocycles. The molecule has 0 bridgehead atoms. The SMILES string of the molecule is Cc1nc(-c2ccc(NC(=O)c3ccc(COc4ccccc4)o3)cc2)cs1. The van der Waals surface area contributed by atoms with Gasteiger partial charge >= 0.3 is 0 Å². The number of hydrogen-bond acceptors (Lipinski definition) is 5. The number of anilines is 1. The van der Waals surface area contributed by atoms with E-state index in [-0.39, 0.29) is 18.3 Å². The highest BCUT2D eigenvalue weighted by molar-refractivity contribution is 7.09. The summed E-state index contributed by atoms with van der Waals surface area (Å²) in [6.45, 7) is 2.24. The Morgan fingerprint density at radius 3 is 2.57 bits per heavy atom. The maximum Gasteiger partial charge on any atom is 0.291 e. The van der Waals surface area contributed by atoms with Gasteiger partial charge in [0.25, 0.3) is 5.91 Å². The lowest BCUT2D eigenvalue weighted by molar-refractivity contribution is 0.0992. The van der Waals surface area contributed by atoms with E-state index in [1.54, 1.807) is 23.5 Å². The van der Waals surface area contributed by atoms with Crippen LogP contribution in [0.4, 0.5) is 5.69 Å². The lowest BCUT2D eigenvalue weighted by Crippen LogP contribution is -2.10. The van der Waals surface area contributed by atoms with Gasteiger partial charge in [0.2, 0.25) is 0 Å². The summed E-state index contributed by atoms with van der Waals surface area (Å²) in [5.74, 6) is 1.28. The number of para-hydroxylation sites is 1. The summed E-state index contributed by atoms with van der Waals surface area (Å²) in [6.07, 6.45) is 0. The van der Waals surface area contributed by atoms with Crippen LogP contribution in [0.2, 0.25) is 0 Å². The summed E-state index contributed by atoms with van der Waals surface area (Å²) in [6, 6.07) is 20.4. The molecule has 0 aliphatic heterocycles. The van der Waals surface area contributed by atoms with Gasteiger partial charge in [0.05, 0.1) is 10.7 Å². The Labute approximate surface area is 166 Å². The van der Waals surface area contributed by atoms with E-state index in [2.05, 4.69) is 10.3 Å². The van der Waals surface area contributed by atoms with Crippen molar-refractivity contribution in [3.8, 4) is 17.0 Å². The van der Waals surface area contributed by atoms with E-state index >= 15 is 0 Å². The average Bonchev–Trinajstić information content (AvgIpc) is 3.37. The summed E-state index contributed by atoms with van der Waals surface area (Å²) in [5.41, 5.74) is 2.65. The van der Waals surface area contributed by atoms with Crippen LogP contribution >= 0.6 is 11.3 Å². The molecule has 1 N–H and O–H groups in total. The van der Waals surface area contributed by atoms with Gasteiger partial charge in [-0.2, -0.15) is 0 Å². The number of nitrogens with one attached hydrogen (secondary N) is 1. The first-order valence-corrected chi connectivity index (χ1v) is 9.66. The Morgan fingerprint density at radius 1 is 1.07 bits per heavy atom. The van der Waals surface area contributed by atoms with Gasteiger partial charge in [0.15, 0.2) is 5.76 Å². The normalized spacial score (nSPS) is 10.6. The van der Waals surface area contributed by atoms with Gasteiger partial charge in [0.1, 0.15) is 18.1 Å². The highest BCUT2D eigenvalue weighted by Crippen LogP contribution is 2.23. The van der Waals surface area contributed by atoms with E-state index in [4.69, 9.17) is 9.15 Å². The number of amides is 1. The Morgan fingerprint density at radius 2 is 1.86 bits per heavy atom. The third-order valence-corrected chi connectivity index (χ3v) is 4.84. The van der Waals surface area contributed by atoms with Gasteiger partial charge in [-0.15, -0.1) is 11.3 Å². The fourth-order valence-electron chi connectivity index (χ4n) is 2.66. The number of nitrogens with zero attached hydrogens (tertiary/aromatic N) is 1.